The third-order valence-electron chi connectivity index (χ3n) is 9.62. The zero-order valence-corrected chi connectivity index (χ0v) is 23.3. The van der Waals surface area contributed by atoms with Crippen LogP contribution in [0, 0.1) is 59.2 Å². The third kappa shape index (κ3) is 4.99. The first-order chi connectivity index (χ1) is 20.8. The van der Waals surface area contributed by atoms with E-state index in [0.717, 1.165) is 0 Å². The van der Waals surface area contributed by atoms with E-state index < -0.39 is 59.2 Å². The zero-order chi connectivity index (χ0) is 30.2. The van der Waals surface area contributed by atoms with Crippen molar-refractivity contribution in [1.29, 1.82) is 0 Å². The highest BCUT2D eigenvalue weighted by molar-refractivity contribution is 5.95. The van der Waals surface area contributed by atoms with Crippen LogP contribution in [0.25, 0.3) is 0 Å². The molecule has 0 aromatic heterocycles. The normalized spacial score (nSPS) is 38.4. The number of allylic oxidation sites excluding steroid dienone is 24. The van der Waals surface area contributed by atoms with Gasteiger partial charge in [0.2, 0.25) is 0 Å². The highest BCUT2D eigenvalue weighted by Gasteiger charge is 2.51. The van der Waals surface area contributed by atoms with E-state index in [1.54, 1.807) is 72.9 Å². The first kappa shape index (κ1) is 28.3. The molecule has 0 bridgehead atoms. The lowest BCUT2D eigenvalue weighted by atomic mass is 9.57. The van der Waals surface area contributed by atoms with Crippen LogP contribution in [-0.2, 0) is 9.59 Å². The first-order valence-electron chi connectivity index (χ1n) is 14.6. The largest absolute Gasteiger partial charge is 0.512 e. The maximum atomic E-state index is 13.0. The maximum absolute atomic E-state index is 13.0. The monoisotopic (exact) mass is 578 g/mol. The predicted octanol–water partition coefficient (Wildman–Crippen LogP) is 6.47. The van der Waals surface area contributed by atoms with Crippen LogP contribution in [0.5, 0.6) is 0 Å². The van der Waals surface area contributed by atoms with Crippen LogP contribution in [0.3, 0.4) is 0 Å². The van der Waals surface area contributed by atoms with Gasteiger partial charge < -0.3 is 25.5 Å². The van der Waals surface area contributed by atoms with Gasteiger partial charge in [0.25, 0.3) is 0 Å². The highest BCUT2D eigenvalue weighted by atomic mass is 16.3. The molecule has 6 rings (SSSR count). The van der Waals surface area contributed by atoms with E-state index in [9.17, 15) is 35.1 Å². The van der Waals surface area contributed by atoms with Crippen molar-refractivity contribution in [1.82, 2.24) is 0 Å². The molecule has 0 amide bonds. The molecule has 0 heterocycles. The Bertz CT molecular complexity index is 1570. The molecule has 7 heteroatoms. The second-order valence-corrected chi connectivity index (χ2v) is 11.8. The molecule has 0 aliphatic heterocycles. The van der Waals surface area contributed by atoms with Crippen LogP contribution in [0.1, 0.15) is 0 Å². The molecule has 0 fully saturated rings. The Morgan fingerprint density at radius 3 is 1.23 bits per heavy atom. The molecule has 6 aliphatic carbocycles. The zero-order valence-electron chi connectivity index (χ0n) is 23.3. The average molecular weight is 579 g/mol. The molecule has 0 aromatic carbocycles. The van der Waals surface area contributed by atoms with Crippen molar-refractivity contribution in [3.05, 3.63) is 144 Å². The summed E-state index contributed by atoms with van der Waals surface area (Å²) in [5.41, 5.74) is 0. The highest BCUT2D eigenvalue weighted by Crippen LogP contribution is 2.53. The lowest BCUT2D eigenvalue weighted by molar-refractivity contribution is -0.120. The molecular formula is C36H34O7. The summed E-state index contributed by atoms with van der Waals surface area (Å²) in [7, 11) is 0. The number of carbonyl (C=O) groups is 2. The van der Waals surface area contributed by atoms with E-state index in [4.69, 9.17) is 0 Å². The van der Waals surface area contributed by atoms with Crippen molar-refractivity contribution in [2.75, 3.05) is 0 Å². The van der Waals surface area contributed by atoms with E-state index >= 15 is 0 Å². The summed E-state index contributed by atoms with van der Waals surface area (Å²) in [6.45, 7) is 0. The molecule has 43 heavy (non-hydrogen) atoms. The van der Waals surface area contributed by atoms with Crippen LogP contribution < -0.4 is 0 Å². The molecule has 0 spiro atoms. The van der Waals surface area contributed by atoms with Gasteiger partial charge in [-0.25, -0.2) is 0 Å². The molecule has 10 atom stereocenters. The van der Waals surface area contributed by atoms with Crippen molar-refractivity contribution in [2.45, 2.75) is 0 Å². The minimum absolute atomic E-state index is 0.0234. The van der Waals surface area contributed by atoms with Gasteiger partial charge in [-0.15, -0.1) is 0 Å². The standard InChI is InChI=1S/C36H34O7/c37-25-13-3-1-8-20(25)32-22(10-5-15-27(32)39)33-23(11-6-16-28(33)40)34-24(12-7-17-29(34)41)36-31(43)19-18-30(42)35(36)21-9-2-4-14-26(21)38/h1-24,32-36,39-43H/t20-,21+,22+,23-,24+,32-,33+,34-,35-,36-/m1/s1. The second kappa shape index (κ2) is 11.5. The third-order valence-corrected chi connectivity index (χ3v) is 9.62. The summed E-state index contributed by atoms with van der Waals surface area (Å²) in [6.07, 6.45) is 31.5. The quantitative estimate of drug-likeness (QED) is 0.252. The van der Waals surface area contributed by atoms with E-state index in [2.05, 4.69) is 0 Å². The van der Waals surface area contributed by atoms with Crippen LogP contribution in [0.15, 0.2) is 144 Å². The van der Waals surface area contributed by atoms with Crippen molar-refractivity contribution in [2.24, 2.45) is 59.2 Å². The molecule has 0 saturated heterocycles. The van der Waals surface area contributed by atoms with Gasteiger partial charge >= 0.3 is 0 Å². The maximum Gasteiger partial charge on any atom is 0.163 e. The Morgan fingerprint density at radius 2 is 0.744 bits per heavy atom. The molecule has 0 radical (unpaired) electrons. The number of ketones is 2. The SMILES string of the molecule is O=C1C=CC=C[C@H]1[C@H]1C(O)=CC=C[C@@H]1[C@@H]1C(O)=CC=C[C@H]1[C@H]1C(O)=CC=C[C@@H]1[C@@H]1C(O)=CC=C(O)[C@H]1[C@H]1C=CC=CC1=O. The van der Waals surface area contributed by atoms with Crippen molar-refractivity contribution < 1.29 is 35.1 Å². The minimum Gasteiger partial charge on any atom is -0.512 e. The topological polar surface area (TPSA) is 135 Å². The summed E-state index contributed by atoms with van der Waals surface area (Å²) >= 11 is 0. The van der Waals surface area contributed by atoms with E-state index in [1.165, 1.54) is 24.3 Å². The molecular weight excluding hydrogens is 544 g/mol. The molecule has 0 unspecified atom stereocenters. The van der Waals surface area contributed by atoms with Gasteiger partial charge in [-0.2, -0.15) is 0 Å². The number of carbonyl (C=O) groups excluding carboxylic acids is 2. The molecule has 220 valence electrons. The Morgan fingerprint density at radius 1 is 0.372 bits per heavy atom. The van der Waals surface area contributed by atoms with Crippen molar-refractivity contribution in [3.63, 3.8) is 0 Å². The van der Waals surface area contributed by atoms with Gasteiger partial charge in [0.15, 0.2) is 11.6 Å². The minimum atomic E-state index is -0.789. The van der Waals surface area contributed by atoms with Gasteiger partial charge in [-0.05, 0) is 60.3 Å². The molecule has 6 aliphatic rings. The van der Waals surface area contributed by atoms with Crippen LogP contribution in [0.4, 0.5) is 0 Å². The van der Waals surface area contributed by atoms with Crippen LogP contribution in [-0.4, -0.2) is 37.1 Å². The van der Waals surface area contributed by atoms with Gasteiger partial charge in [-0.1, -0.05) is 72.9 Å². The van der Waals surface area contributed by atoms with Gasteiger partial charge in [0.1, 0.15) is 0 Å². The Labute approximate surface area is 249 Å². The fourth-order valence-electron chi connectivity index (χ4n) is 7.77. The number of aliphatic hydroxyl groups excluding tert-OH is 5. The van der Waals surface area contributed by atoms with Crippen LogP contribution >= 0.6 is 0 Å². The lowest BCUT2D eigenvalue weighted by Crippen LogP contribution is -2.45. The van der Waals surface area contributed by atoms with E-state index in [-0.39, 0.29) is 40.4 Å². The first-order valence-corrected chi connectivity index (χ1v) is 14.6. The van der Waals surface area contributed by atoms with Crippen molar-refractivity contribution in [3.8, 4) is 0 Å². The number of rotatable bonds is 5. The lowest BCUT2D eigenvalue weighted by Gasteiger charge is -2.46. The fourth-order valence-corrected chi connectivity index (χ4v) is 7.77. The number of hydrogen-bond acceptors (Lipinski definition) is 7. The Hall–Kier alpha value is -4.78. The molecule has 5 N–H and O–H groups in total. The summed E-state index contributed by atoms with van der Waals surface area (Å²) in [6, 6.07) is 0. The van der Waals surface area contributed by atoms with Crippen molar-refractivity contribution >= 4 is 11.6 Å². The van der Waals surface area contributed by atoms with Gasteiger partial charge in [0, 0.05) is 29.6 Å². The van der Waals surface area contributed by atoms with Crippen LogP contribution in [0.2, 0.25) is 0 Å². The van der Waals surface area contributed by atoms with E-state index in [1.807, 2.05) is 18.2 Å². The Balaban J connectivity index is 1.41. The summed E-state index contributed by atoms with van der Waals surface area (Å²) < 4.78 is 0. The number of hydrogen-bond donors (Lipinski definition) is 5. The van der Waals surface area contributed by atoms with Gasteiger partial charge in [-0.3, -0.25) is 9.59 Å². The predicted molar refractivity (Wildman–Crippen MR) is 162 cm³/mol. The number of aliphatic hydroxyl groups is 5. The van der Waals surface area contributed by atoms with E-state index in [0.29, 0.717) is 0 Å². The molecule has 7 nitrogen and oxygen atoms in total. The molecule has 0 saturated carbocycles. The summed E-state index contributed by atoms with van der Waals surface area (Å²) in [5, 5.41) is 56.4. The average Bonchev–Trinajstić information content (AvgIpc) is 2.99. The second-order valence-electron chi connectivity index (χ2n) is 11.8. The summed E-state index contributed by atoms with van der Waals surface area (Å²) in [4.78, 5) is 26.0. The smallest absolute Gasteiger partial charge is 0.163 e. The summed E-state index contributed by atoms with van der Waals surface area (Å²) in [5.74, 6) is -6.88. The van der Waals surface area contributed by atoms with Gasteiger partial charge in [0.05, 0.1) is 40.6 Å². The molecule has 0 aromatic rings. The fraction of sp³-hybridized carbons (Fsp3) is 0.278. The Kier molecular flexibility index (Phi) is 7.57.